The zero-order valence-corrected chi connectivity index (χ0v) is 12.9. The maximum Gasteiger partial charge on any atom is 0.254 e. The second-order valence-corrected chi connectivity index (χ2v) is 6.38. The van der Waals surface area contributed by atoms with E-state index in [0.717, 1.165) is 48.5 Å². The van der Waals surface area contributed by atoms with E-state index in [2.05, 4.69) is 4.98 Å². The van der Waals surface area contributed by atoms with E-state index >= 15 is 0 Å². The largest absolute Gasteiger partial charge is 0.440 e. The number of para-hydroxylation sites is 2. The van der Waals surface area contributed by atoms with Crippen molar-refractivity contribution in [2.75, 3.05) is 13.1 Å². The lowest BCUT2D eigenvalue weighted by atomic mass is 9.96. The van der Waals surface area contributed by atoms with Crippen molar-refractivity contribution < 1.29 is 9.21 Å². The Bertz CT molecular complexity index is 753. The molecule has 0 saturated carbocycles. The molecular weight excluding hydrogens is 296 g/mol. The van der Waals surface area contributed by atoms with Gasteiger partial charge in [-0.05, 0) is 36.4 Å². The van der Waals surface area contributed by atoms with Crippen LogP contribution in [0.4, 0.5) is 0 Å². The fraction of sp³-hybridized carbons (Fsp3) is 0.294. The van der Waals surface area contributed by atoms with Crippen molar-refractivity contribution in [3.8, 4) is 0 Å². The monoisotopic (exact) mass is 312 g/mol. The number of likely N-dealkylation sites (tertiary alicyclic amines) is 1. The lowest BCUT2D eigenvalue weighted by molar-refractivity contribution is 0.0707. The second-order valence-electron chi connectivity index (χ2n) is 5.60. The molecule has 1 aliphatic rings. The molecule has 5 heteroatoms. The summed E-state index contributed by atoms with van der Waals surface area (Å²) in [4.78, 5) is 18.9. The normalized spacial score (nSPS) is 16.3. The van der Waals surface area contributed by atoms with Gasteiger partial charge in [0, 0.05) is 24.4 Å². The Hall–Kier alpha value is -2.14. The number of nitrogens with zero attached hydrogens (tertiary/aromatic N) is 2. The van der Waals surface area contributed by atoms with Gasteiger partial charge in [0.2, 0.25) is 0 Å². The lowest BCUT2D eigenvalue weighted by Gasteiger charge is -2.30. The molecule has 0 N–H and O–H groups in total. The van der Waals surface area contributed by atoms with Gasteiger partial charge in [-0.25, -0.2) is 4.98 Å². The first-order valence-electron chi connectivity index (χ1n) is 7.48. The van der Waals surface area contributed by atoms with Gasteiger partial charge in [-0.1, -0.05) is 12.1 Å². The Morgan fingerprint density at radius 2 is 2.05 bits per heavy atom. The third-order valence-electron chi connectivity index (χ3n) is 4.21. The third-order valence-corrected chi connectivity index (χ3v) is 4.89. The van der Waals surface area contributed by atoms with E-state index in [4.69, 9.17) is 4.42 Å². The molecule has 0 spiro atoms. The Balaban J connectivity index is 1.46. The minimum atomic E-state index is 0.136. The summed E-state index contributed by atoms with van der Waals surface area (Å²) in [7, 11) is 0. The average molecular weight is 312 g/mol. The van der Waals surface area contributed by atoms with Crippen LogP contribution in [0.1, 0.15) is 35.0 Å². The molecule has 0 atom stereocenters. The topological polar surface area (TPSA) is 46.3 Å². The van der Waals surface area contributed by atoms with Crippen molar-refractivity contribution in [3.63, 3.8) is 0 Å². The van der Waals surface area contributed by atoms with Gasteiger partial charge in [0.1, 0.15) is 5.52 Å². The van der Waals surface area contributed by atoms with Crippen molar-refractivity contribution in [3.05, 3.63) is 52.5 Å². The van der Waals surface area contributed by atoms with Crippen LogP contribution in [-0.2, 0) is 0 Å². The molecule has 1 aliphatic heterocycles. The summed E-state index contributed by atoms with van der Waals surface area (Å²) in [5.74, 6) is 1.25. The molecule has 4 rings (SSSR count). The van der Waals surface area contributed by atoms with Gasteiger partial charge in [-0.3, -0.25) is 4.79 Å². The van der Waals surface area contributed by atoms with Crippen LogP contribution < -0.4 is 0 Å². The first-order chi connectivity index (χ1) is 10.8. The highest BCUT2D eigenvalue weighted by Gasteiger charge is 2.27. The number of fused-ring (bicyclic) bond motifs is 1. The predicted octanol–water partition coefficient (Wildman–Crippen LogP) is 3.91. The molecule has 2 aromatic heterocycles. The molecule has 0 unspecified atom stereocenters. The lowest BCUT2D eigenvalue weighted by Crippen LogP contribution is -2.37. The Kier molecular flexibility index (Phi) is 3.42. The maximum atomic E-state index is 12.3. The fourth-order valence-electron chi connectivity index (χ4n) is 2.96. The van der Waals surface area contributed by atoms with Gasteiger partial charge < -0.3 is 9.32 Å². The number of hydrogen-bond donors (Lipinski definition) is 0. The number of amides is 1. The molecule has 3 heterocycles. The number of aromatic nitrogens is 1. The number of carbonyl (C=O) groups excluding carboxylic acids is 1. The summed E-state index contributed by atoms with van der Waals surface area (Å²) in [6.45, 7) is 1.52. The highest BCUT2D eigenvalue weighted by atomic mass is 32.1. The minimum absolute atomic E-state index is 0.136. The van der Waals surface area contributed by atoms with Crippen LogP contribution >= 0.6 is 11.3 Å². The summed E-state index contributed by atoms with van der Waals surface area (Å²) in [6.07, 6.45) is 1.81. The maximum absolute atomic E-state index is 12.3. The van der Waals surface area contributed by atoms with Gasteiger partial charge >= 0.3 is 0 Å². The van der Waals surface area contributed by atoms with Crippen molar-refractivity contribution in [2.45, 2.75) is 18.8 Å². The number of piperidine rings is 1. The SMILES string of the molecule is O=C(c1ccsc1)N1CCC(c2nc3ccccc3o2)CC1. The van der Waals surface area contributed by atoms with Crippen molar-refractivity contribution in [2.24, 2.45) is 0 Å². The summed E-state index contributed by atoms with van der Waals surface area (Å²) in [5, 5.41) is 3.85. The third kappa shape index (κ3) is 2.41. The Labute approximate surface area is 132 Å². The molecule has 4 nitrogen and oxygen atoms in total. The van der Waals surface area contributed by atoms with Crippen LogP contribution in [0.3, 0.4) is 0 Å². The Morgan fingerprint density at radius 1 is 1.23 bits per heavy atom. The van der Waals surface area contributed by atoms with Gasteiger partial charge in [0.25, 0.3) is 5.91 Å². The molecule has 112 valence electrons. The smallest absolute Gasteiger partial charge is 0.254 e. The number of hydrogen-bond acceptors (Lipinski definition) is 4. The van der Waals surface area contributed by atoms with Crippen LogP contribution in [0, 0.1) is 0 Å². The summed E-state index contributed by atoms with van der Waals surface area (Å²) < 4.78 is 5.86. The fourth-order valence-corrected chi connectivity index (χ4v) is 3.59. The molecule has 0 aliphatic carbocycles. The van der Waals surface area contributed by atoms with Crippen LogP contribution in [0.15, 0.2) is 45.5 Å². The van der Waals surface area contributed by atoms with E-state index in [1.54, 1.807) is 11.3 Å². The average Bonchev–Trinajstić information content (AvgIpc) is 3.23. The van der Waals surface area contributed by atoms with Crippen LogP contribution in [0.25, 0.3) is 11.1 Å². The standard InChI is InChI=1S/C17H16N2O2S/c20-17(13-7-10-22-11-13)19-8-5-12(6-9-19)16-18-14-3-1-2-4-15(14)21-16/h1-4,7,10-12H,5-6,8-9H2. The van der Waals surface area contributed by atoms with E-state index < -0.39 is 0 Å². The van der Waals surface area contributed by atoms with Crippen molar-refractivity contribution in [1.29, 1.82) is 0 Å². The van der Waals surface area contributed by atoms with Crippen LogP contribution in [0.5, 0.6) is 0 Å². The molecule has 22 heavy (non-hydrogen) atoms. The molecule has 1 fully saturated rings. The Morgan fingerprint density at radius 3 is 2.77 bits per heavy atom. The van der Waals surface area contributed by atoms with E-state index in [0.29, 0.717) is 5.92 Å². The molecule has 1 aromatic carbocycles. The van der Waals surface area contributed by atoms with Gasteiger partial charge in [-0.15, -0.1) is 0 Å². The summed E-state index contributed by atoms with van der Waals surface area (Å²) >= 11 is 1.56. The van der Waals surface area contributed by atoms with Crippen LogP contribution in [0.2, 0.25) is 0 Å². The highest BCUT2D eigenvalue weighted by Crippen LogP contribution is 2.30. The predicted molar refractivity (Wildman–Crippen MR) is 86.2 cm³/mol. The zero-order valence-electron chi connectivity index (χ0n) is 12.1. The number of benzene rings is 1. The molecular formula is C17H16N2O2S. The van der Waals surface area contributed by atoms with Crippen LogP contribution in [-0.4, -0.2) is 28.9 Å². The molecule has 1 amide bonds. The highest BCUT2D eigenvalue weighted by molar-refractivity contribution is 7.08. The minimum Gasteiger partial charge on any atom is -0.440 e. The molecule has 0 bridgehead atoms. The van der Waals surface area contributed by atoms with Crippen molar-refractivity contribution >= 4 is 28.3 Å². The molecule has 0 radical (unpaired) electrons. The number of oxazole rings is 1. The second kappa shape index (κ2) is 5.57. The molecule has 3 aromatic rings. The molecule has 1 saturated heterocycles. The van der Waals surface area contributed by atoms with Gasteiger partial charge in [0.15, 0.2) is 11.5 Å². The number of rotatable bonds is 2. The zero-order chi connectivity index (χ0) is 14.9. The first kappa shape index (κ1) is 13.5. The van der Waals surface area contributed by atoms with Gasteiger partial charge in [-0.2, -0.15) is 11.3 Å². The van der Waals surface area contributed by atoms with E-state index in [1.165, 1.54) is 0 Å². The quantitative estimate of drug-likeness (QED) is 0.721. The van der Waals surface area contributed by atoms with Crippen molar-refractivity contribution in [1.82, 2.24) is 9.88 Å². The summed E-state index contributed by atoms with van der Waals surface area (Å²) in [6, 6.07) is 9.73. The summed E-state index contributed by atoms with van der Waals surface area (Å²) in [5.41, 5.74) is 2.55. The van der Waals surface area contributed by atoms with E-state index in [9.17, 15) is 4.79 Å². The number of carbonyl (C=O) groups is 1. The number of thiophene rings is 1. The van der Waals surface area contributed by atoms with Gasteiger partial charge in [0.05, 0.1) is 5.56 Å². The first-order valence-corrected chi connectivity index (χ1v) is 8.42. The van der Waals surface area contributed by atoms with E-state index in [-0.39, 0.29) is 5.91 Å². The van der Waals surface area contributed by atoms with E-state index in [1.807, 2.05) is 46.0 Å².